The predicted molar refractivity (Wildman–Crippen MR) is 88.6 cm³/mol. The van der Waals surface area contributed by atoms with Crippen LogP contribution >= 0.6 is 22.7 Å². The van der Waals surface area contributed by atoms with Crippen molar-refractivity contribution in [3.05, 3.63) is 57.7 Å². The van der Waals surface area contributed by atoms with Crippen LogP contribution in [0.15, 0.2) is 47.9 Å². The van der Waals surface area contributed by atoms with E-state index in [0.717, 1.165) is 15.2 Å². The van der Waals surface area contributed by atoms with Gasteiger partial charge < -0.3 is 0 Å². The monoisotopic (exact) mass is 329 g/mol. The summed E-state index contributed by atoms with van der Waals surface area (Å²) in [6.07, 6.45) is 2.96. The van der Waals surface area contributed by atoms with Crippen molar-refractivity contribution >= 4 is 50.8 Å². The molecule has 0 unspecified atom stereocenters. The number of nitrogens with zero attached hydrogens (tertiary/aromatic N) is 1. The molecule has 1 aromatic carbocycles. The van der Waals surface area contributed by atoms with Gasteiger partial charge in [-0.3, -0.25) is 20.4 Å². The molecule has 0 atom stereocenters. The molecule has 3 rings (SSSR count). The number of nitrogens with one attached hydrogen (secondary N) is 2. The van der Waals surface area contributed by atoms with E-state index in [1.165, 1.54) is 28.7 Å². The Morgan fingerprint density at radius 1 is 1.09 bits per heavy atom. The van der Waals surface area contributed by atoms with Gasteiger partial charge in [0.25, 0.3) is 11.8 Å². The average molecular weight is 329 g/mol. The highest BCUT2D eigenvalue weighted by Gasteiger charge is 2.06. The van der Waals surface area contributed by atoms with E-state index in [2.05, 4.69) is 15.8 Å². The van der Waals surface area contributed by atoms with Gasteiger partial charge in [0.05, 0.1) is 15.1 Å². The molecule has 2 amide bonds. The lowest BCUT2D eigenvalue weighted by molar-refractivity contribution is -0.117. The molecule has 110 valence electrons. The molecule has 7 heteroatoms. The number of aromatic nitrogens is 1. The summed E-state index contributed by atoms with van der Waals surface area (Å²) in [4.78, 5) is 28.2. The highest BCUT2D eigenvalue weighted by Crippen LogP contribution is 2.22. The van der Waals surface area contributed by atoms with E-state index in [4.69, 9.17) is 0 Å². The van der Waals surface area contributed by atoms with Crippen LogP contribution in [0.3, 0.4) is 0 Å². The summed E-state index contributed by atoms with van der Waals surface area (Å²) in [6.45, 7) is 0. The lowest BCUT2D eigenvalue weighted by Gasteiger charge is -2.02. The van der Waals surface area contributed by atoms with Gasteiger partial charge >= 0.3 is 0 Å². The first-order chi connectivity index (χ1) is 10.7. The Balaban J connectivity index is 1.58. The third-order valence-corrected chi connectivity index (χ3v) is 4.60. The Hall–Kier alpha value is -2.51. The smallest absolute Gasteiger partial charge is 0.268 e. The molecule has 2 N–H and O–H groups in total. The van der Waals surface area contributed by atoms with Crippen LogP contribution in [0.5, 0.6) is 0 Å². The number of para-hydroxylation sites is 1. The summed E-state index contributed by atoms with van der Waals surface area (Å²) in [5.41, 5.74) is 5.59. The van der Waals surface area contributed by atoms with Crippen molar-refractivity contribution in [3.8, 4) is 0 Å². The summed E-state index contributed by atoms with van der Waals surface area (Å²) in [7, 11) is 0. The van der Waals surface area contributed by atoms with E-state index >= 15 is 0 Å². The van der Waals surface area contributed by atoms with Crippen LogP contribution < -0.4 is 10.9 Å². The van der Waals surface area contributed by atoms with Gasteiger partial charge in [-0.25, -0.2) is 4.98 Å². The normalized spacial score (nSPS) is 10.9. The molecule has 0 spiro atoms. The van der Waals surface area contributed by atoms with Crippen LogP contribution in [0.1, 0.15) is 14.7 Å². The molecule has 0 aliphatic heterocycles. The average Bonchev–Trinajstić information content (AvgIpc) is 3.19. The first-order valence-corrected chi connectivity index (χ1v) is 8.09. The first-order valence-electron chi connectivity index (χ1n) is 6.40. The van der Waals surface area contributed by atoms with Gasteiger partial charge in [-0.2, -0.15) is 0 Å². The molecule has 0 saturated heterocycles. The largest absolute Gasteiger partial charge is 0.279 e. The van der Waals surface area contributed by atoms with Crippen molar-refractivity contribution in [2.75, 3.05) is 0 Å². The molecule has 0 aliphatic rings. The third-order valence-electron chi connectivity index (χ3n) is 2.73. The summed E-state index contributed by atoms with van der Waals surface area (Å²) in [6, 6.07) is 11.2. The Labute approximate surface area is 134 Å². The van der Waals surface area contributed by atoms with E-state index < -0.39 is 5.91 Å². The van der Waals surface area contributed by atoms with Crippen LogP contribution in [0.25, 0.3) is 16.3 Å². The van der Waals surface area contributed by atoms with Gasteiger partial charge in [0.2, 0.25) is 0 Å². The minimum atomic E-state index is -0.413. The number of hydrogen-bond donors (Lipinski definition) is 2. The second-order valence-electron chi connectivity index (χ2n) is 4.27. The fourth-order valence-electron chi connectivity index (χ4n) is 1.74. The van der Waals surface area contributed by atoms with Crippen LogP contribution in [-0.2, 0) is 4.79 Å². The number of thiophene rings is 1. The van der Waals surface area contributed by atoms with E-state index in [9.17, 15) is 9.59 Å². The lowest BCUT2D eigenvalue weighted by atomic mass is 10.3. The molecular formula is C15H11N3O2S2. The SMILES string of the molecule is O=C(/C=C/c1nc2ccccc2s1)NNC(=O)c1cccs1. The van der Waals surface area contributed by atoms with Crippen molar-refractivity contribution < 1.29 is 9.59 Å². The van der Waals surface area contributed by atoms with E-state index in [0.29, 0.717) is 4.88 Å². The topological polar surface area (TPSA) is 71.1 Å². The summed E-state index contributed by atoms with van der Waals surface area (Å²) >= 11 is 2.80. The number of thiazole rings is 1. The lowest BCUT2D eigenvalue weighted by Crippen LogP contribution is -2.40. The van der Waals surface area contributed by atoms with Gasteiger partial charge in [-0.05, 0) is 29.7 Å². The fraction of sp³-hybridized carbons (Fsp3) is 0. The number of benzene rings is 1. The van der Waals surface area contributed by atoms with Crippen molar-refractivity contribution in [2.45, 2.75) is 0 Å². The summed E-state index contributed by atoms with van der Waals surface area (Å²) < 4.78 is 1.06. The van der Waals surface area contributed by atoms with Crippen molar-refractivity contribution in [2.24, 2.45) is 0 Å². The summed E-state index contributed by atoms with van der Waals surface area (Å²) in [5.74, 6) is -0.749. The molecule has 2 heterocycles. The molecule has 0 aliphatic carbocycles. The number of fused-ring (bicyclic) bond motifs is 1. The van der Waals surface area contributed by atoms with Crippen LogP contribution in [0, 0.1) is 0 Å². The number of carbonyl (C=O) groups is 2. The van der Waals surface area contributed by atoms with Gasteiger partial charge in [-0.1, -0.05) is 18.2 Å². The number of carbonyl (C=O) groups excluding carboxylic acids is 2. The third kappa shape index (κ3) is 3.38. The van der Waals surface area contributed by atoms with Crippen LogP contribution in [0.2, 0.25) is 0 Å². The maximum atomic E-state index is 11.7. The zero-order valence-corrected chi connectivity index (χ0v) is 12.9. The number of amides is 2. The molecule has 22 heavy (non-hydrogen) atoms. The second kappa shape index (κ2) is 6.50. The second-order valence-corrected chi connectivity index (χ2v) is 6.28. The molecule has 0 radical (unpaired) electrons. The molecular weight excluding hydrogens is 318 g/mol. The van der Waals surface area contributed by atoms with Crippen molar-refractivity contribution in [1.82, 2.24) is 15.8 Å². The molecule has 3 aromatic rings. The fourth-order valence-corrected chi connectivity index (χ4v) is 3.23. The highest BCUT2D eigenvalue weighted by molar-refractivity contribution is 7.19. The maximum absolute atomic E-state index is 11.7. The number of hydrogen-bond acceptors (Lipinski definition) is 5. The van der Waals surface area contributed by atoms with Crippen LogP contribution in [0.4, 0.5) is 0 Å². The molecule has 5 nitrogen and oxygen atoms in total. The van der Waals surface area contributed by atoms with Gasteiger partial charge in [0, 0.05) is 6.08 Å². The minimum Gasteiger partial charge on any atom is -0.268 e. The predicted octanol–water partition coefficient (Wildman–Crippen LogP) is 2.83. The van der Waals surface area contributed by atoms with Crippen molar-refractivity contribution in [3.63, 3.8) is 0 Å². The maximum Gasteiger partial charge on any atom is 0.279 e. The van der Waals surface area contributed by atoms with Gasteiger partial charge in [0.15, 0.2) is 0 Å². The number of hydrazine groups is 1. The molecule has 0 saturated carbocycles. The van der Waals surface area contributed by atoms with Gasteiger partial charge in [-0.15, -0.1) is 22.7 Å². The van der Waals surface area contributed by atoms with E-state index in [1.807, 2.05) is 24.3 Å². The standard InChI is InChI=1S/C15H11N3O2S2/c19-13(17-18-15(20)12-6-3-9-21-12)7-8-14-16-10-4-1-2-5-11(10)22-14/h1-9H,(H,17,19)(H,18,20)/b8-7+. The molecule has 2 aromatic heterocycles. The van der Waals surface area contributed by atoms with E-state index in [-0.39, 0.29) is 5.91 Å². The van der Waals surface area contributed by atoms with Crippen LogP contribution in [-0.4, -0.2) is 16.8 Å². The molecule has 0 fully saturated rings. The Kier molecular flexibility index (Phi) is 4.27. The van der Waals surface area contributed by atoms with Crippen molar-refractivity contribution in [1.29, 1.82) is 0 Å². The first kappa shape index (κ1) is 14.4. The van der Waals surface area contributed by atoms with Gasteiger partial charge in [0.1, 0.15) is 5.01 Å². The Morgan fingerprint density at radius 3 is 2.73 bits per heavy atom. The molecule has 0 bridgehead atoms. The summed E-state index contributed by atoms with van der Waals surface area (Å²) in [5, 5.41) is 2.53. The minimum absolute atomic E-state index is 0.336. The number of rotatable bonds is 3. The quantitative estimate of drug-likeness (QED) is 0.573. The highest BCUT2D eigenvalue weighted by atomic mass is 32.1. The zero-order chi connectivity index (χ0) is 15.4. The Morgan fingerprint density at radius 2 is 1.95 bits per heavy atom. The Bertz CT molecular complexity index is 804. The zero-order valence-electron chi connectivity index (χ0n) is 11.3. The van der Waals surface area contributed by atoms with E-state index in [1.54, 1.807) is 23.6 Å².